The Morgan fingerprint density at radius 1 is 1.22 bits per heavy atom. The van der Waals surface area contributed by atoms with Gasteiger partial charge in [0.2, 0.25) is 0 Å². The van der Waals surface area contributed by atoms with Gasteiger partial charge in [-0.05, 0) is 61.7 Å². The van der Waals surface area contributed by atoms with Gasteiger partial charge in [0.15, 0.2) is 11.5 Å². The number of aromatic nitrogens is 4. The van der Waals surface area contributed by atoms with Gasteiger partial charge in [-0.25, -0.2) is 9.97 Å². The molecular formula is C20H29N5O2. The zero-order valence-electron chi connectivity index (χ0n) is 16.2. The molecule has 2 aromatic heterocycles. The van der Waals surface area contributed by atoms with Gasteiger partial charge in [0.25, 0.3) is 0 Å². The molecule has 27 heavy (non-hydrogen) atoms. The predicted octanol–water partition coefficient (Wildman–Crippen LogP) is 2.50. The van der Waals surface area contributed by atoms with Crippen LogP contribution in [0.4, 0.5) is 5.82 Å². The molecule has 0 spiro atoms. The van der Waals surface area contributed by atoms with Crippen molar-refractivity contribution < 1.29 is 9.84 Å². The van der Waals surface area contributed by atoms with Crippen LogP contribution in [0.5, 0.6) is 0 Å². The lowest BCUT2D eigenvalue weighted by Crippen LogP contribution is -2.53. The minimum atomic E-state index is -0.335. The first-order valence-electron chi connectivity index (χ1n) is 10.2. The van der Waals surface area contributed by atoms with Crippen molar-refractivity contribution in [1.82, 2.24) is 19.7 Å². The molecule has 0 amide bonds. The topological polar surface area (TPSA) is 85.1 Å². The fraction of sp³-hybridized carbons (Fsp3) is 0.750. The summed E-state index contributed by atoms with van der Waals surface area (Å²) < 4.78 is 6.95. The van der Waals surface area contributed by atoms with E-state index in [1.165, 1.54) is 38.5 Å². The Balaban J connectivity index is 1.37. The van der Waals surface area contributed by atoms with E-state index in [1.807, 2.05) is 7.05 Å². The minimum Gasteiger partial charge on any atom is -0.391 e. The Kier molecular flexibility index (Phi) is 4.13. The molecule has 0 aromatic carbocycles. The zero-order chi connectivity index (χ0) is 18.6. The van der Waals surface area contributed by atoms with Crippen LogP contribution in [0.2, 0.25) is 0 Å². The van der Waals surface area contributed by atoms with E-state index in [2.05, 4.69) is 20.4 Å². The highest BCUT2D eigenvalue weighted by Gasteiger charge is 2.53. The molecule has 0 aliphatic heterocycles. The van der Waals surface area contributed by atoms with Crippen molar-refractivity contribution in [1.29, 1.82) is 0 Å². The number of aliphatic hydroxyl groups excluding tert-OH is 1. The third-order valence-electron chi connectivity index (χ3n) is 7.17. The SMILES string of the molecule is COCc1nc(NC[C@@H](O)C23CC4CC(CC(C4)C2)C3)c2cnn(C)c2n1. The summed E-state index contributed by atoms with van der Waals surface area (Å²) in [5.74, 6) is 3.87. The van der Waals surface area contributed by atoms with E-state index in [0.29, 0.717) is 19.0 Å². The average Bonchev–Trinajstić information content (AvgIpc) is 3.00. The summed E-state index contributed by atoms with van der Waals surface area (Å²) >= 11 is 0. The van der Waals surface area contributed by atoms with E-state index in [9.17, 15) is 5.11 Å². The van der Waals surface area contributed by atoms with Crippen molar-refractivity contribution in [3.8, 4) is 0 Å². The monoisotopic (exact) mass is 371 g/mol. The van der Waals surface area contributed by atoms with E-state index >= 15 is 0 Å². The number of hydrogen-bond acceptors (Lipinski definition) is 6. The Morgan fingerprint density at radius 2 is 1.89 bits per heavy atom. The van der Waals surface area contributed by atoms with Crippen LogP contribution < -0.4 is 5.32 Å². The molecular weight excluding hydrogens is 342 g/mol. The molecule has 4 aliphatic carbocycles. The number of anilines is 1. The van der Waals surface area contributed by atoms with E-state index in [-0.39, 0.29) is 11.5 Å². The number of hydrogen-bond donors (Lipinski definition) is 2. The van der Waals surface area contributed by atoms with E-state index < -0.39 is 0 Å². The van der Waals surface area contributed by atoms with Crippen molar-refractivity contribution in [2.45, 2.75) is 51.2 Å². The molecule has 1 atom stereocenters. The van der Waals surface area contributed by atoms with E-state index in [1.54, 1.807) is 18.0 Å². The van der Waals surface area contributed by atoms with Gasteiger partial charge < -0.3 is 15.2 Å². The van der Waals surface area contributed by atoms with Gasteiger partial charge in [-0.2, -0.15) is 5.10 Å². The quantitative estimate of drug-likeness (QED) is 0.812. The maximum atomic E-state index is 11.2. The summed E-state index contributed by atoms with van der Waals surface area (Å²) in [6, 6.07) is 0. The third-order valence-corrected chi connectivity index (χ3v) is 7.17. The smallest absolute Gasteiger partial charge is 0.163 e. The van der Waals surface area contributed by atoms with Gasteiger partial charge in [-0.3, -0.25) is 4.68 Å². The molecule has 2 heterocycles. The molecule has 0 saturated heterocycles. The number of aliphatic hydroxyl groups is 1. The zero-order valence-corrected chi connectivity index (χ0v) is 16.2. The van der Waals surface area contributed by atoms with Crippen LogP contribution >= 0.6 is 0 Å². The largest absolute Gasteiger partial charge is 0.391 e. The van der Waals surface area contributed by atoms with Crippen LogP contribution in [0.1, 0.15) is 44.3 Å². The lowest BCUT2D eigenvalue weighted by atomic mass is 9.48. The second-order valence-corrected chi connectivity index (χ2v) is 9.10. The Labute approximate surface area is 159 Å². The summed E-state index contributed by atoms with van der Waals surface area (Å²) in [5, 5.41) is 19.8. The number of nitrogens with one attached hydrogen (secondary N) is 1. The molecule has 6 rings (SSSR count). The minimum absolute atomic E-state index is 0.109. The molecule has 4 saturated carbocycles. The summed E-state index contributed by atoms with van der Waals surface area (Å²) in [4.78, 5) is 9.14. The number of fused-ring (bicyclic) bond motifs is 1. The summed E-state index contributed by atoms with van der Waals surface area (Å²) in [7, 11) is 3.51. The van der Waals surface area contributed by atoms with Crippen LogP contribution in [-0.2, 0) is 18.4 Å². The first-order chi connectivity index (χ1) is 13.1. The number of ether oxygens (including phenoxy) is 1. The summed E-state index contributed by atoms with van der Waals surface area (Å²) in [6.07, 6.45) is 9.21. The fourth-order valence-corrected chi connectivity index (χ4v) is 6.39. The first-order valence-corrected chi connectivity index (χ1v) is 10.2. The van der Waals surface area contributed by atoms with Crippen LogP contribution in [-0.4, -0.2) is 44.6 Å². The van der Waals surface area contributed by atoms with Gasteiger partial charge in [0, 0.05) is 20.7 Å². The molecule has 7 heteroatoms. The molecule has 4 fully saturated rings. The van der Waals surface area contributed by atoms with Crippen molar-refractivity contribution in [3.63, 3.8) is 0 Å². The molecule has 0 radical (unpaired) electrons. The number of nitrogens with zero attached hydrogens (tertiary/aromatic N) is 4. The van der Waals surface area contributed by atoms with Gasteiger partial charge in [0.05, 0.1) is 17.7 Å². The Morgan fingerprint density at radius 3 is 2.52 bits per heavy atom. The van der Waals surface area contributed by atoms with Crippen LogP contribution in [0.15, 0.2) is 6.20 Å². The van der Waals surface area contributed by atoms with Crippen molar-refractivity contribution in [2.75, 3.05) is 19.0 Å². The van der Waals surface area contributed by atoms with Gasteiger partial charge in [-0.15, -0.1) is 0 Å². The Hall–Kier alpha value is -1.73. The summed E-state index contributed by atoms with van der Waals surface area (Å²) in [6.45, 7) is 0.882. The average molecular weight is 371 g/mol. The van der Waals surface area contributed by atoms with E-state index in [4.69, 9.17) is 4.74 Å². The fourth-order valence-electron chi connectivity index (χ4n) is 6.39. The second kappa shape index (κ2) is 6.41. The van der Waals surface area contributed by atoms with Crippen molar-refractivity contribution >= 4 is 16.9 Å². The molecule has 2 aromatic rings. The molecule has 4 bridgehead atoms. The van der Waals surface area contributed by atoms with E-state index in [0.717, 1.165) is 34.6 Å². The lowest BCUT2D eigenvalue weighted by Gasteiger charge is -2.58. The number of methoxy groups -OCH3 is 1. The van der Waals surface area contributed by atoms with Crippen LogP contribution in [0.3, 0.4) is 0 Å². The van der Waals surface area contributed by atoms with Crippen molar-refractivity contribution in [2.24, 2.45) is 30.2 Å². The molecule has 7 nitrogen and oxygen atoms in total. The maximum absolute atomic E-state index is 11.2. The highest BCUT2D eigenvalue weighted by atomic mass is 16.5. The molecule has 146 valence electrons. The van der Waals surface area contributed by atoms with Gasteiger partial charge >= 0.3 is 0 Å². The molecule has 0 unspecified atom stereocenters. The summed E-state index contributed by atoms with van der Waals surface area (Å²) in [5.41, 5.74) is 0.891. The van der Waals surface area contributed by atoms with Gasteiger partial charge in [0.1, 0.15) is 12.4 Å². The predicted molar refractivity (Wildman–Crippen MR) is 102 cm³/mol. The van der Waals surface area contributed by atoms with Crippen LogP contribution in [0.25, 0.3) is 11.0 Å². The second-order valence-electron chi connectivity index (χ2n) is 9.10. The normalized spacial score (nSPS) is 32.9. The third kappa shape index (κ3) is 2.91. The highest BCUT2D eigenvalue weighted by Crippen LogP contribution is 2.61. The number of rotatable bonds is 6. The van der Waals surface area contributed by atoms with Gasteiger partial charge in [-0.1, -0.05) is 0 Å². The van der Waals surface area contributed by atoms with Crippen molar-refractivity contribution in [3.05, 3.63) is 12.0 Å². The molecule has 4 aliphatic rings. The number of aryl methyl sites for hydroxylation is 1. The lowest BCUT2D eigenvalue weighted by molar-refractivity contribution is -0.115. The van der Waals surface area contributed by atoms with Crippen LogP contribution in [0, 0.1) is 23.2 Å². The Bertz CT molecular complexity index is 813. The first kappa shape index (κ1) is 17.4. The standard InChI is InChI=1S/C20H29N5O2/c1-25-19-15(9-22-25)18(23-17(24-19)11-27-2)21-10-16(26)20-6-12-3-13(7-20)5-14(4-12)8-20/h9,12-14,16,26H,3-8,10-11H2,1-2H3,(H,21,23,24)/t12?,13?,14?,16-,20?/m1/s1. The maximum Gasteiger partial charge on any atom is 0.163 e. The highest BCUT2D eigenvalue weighted by molar-refractivity contribution is 5.86. The molecule has 2 N–H and O–H groups in total.